The van der Waals surface area contributed by atoms with E-state index in [-0.39, 0.29) is 24.7 Å². The molecular weight excluding hydrogens is 302 g/mol. The molecule has 6 heteroatoms. The largest absolute Gasteiger partial charge is 0.486 e. The standard InChI is InChI=1S/C16H23NO4S/c1-22-9-7-16(19)17-14-6-8-20-11-15(14)21-13-4-2-12(10-18)3-5-13/h2-5,14-15,18H,6-11H2,1H3,(H,17,19)/t14-,15-/m1/s1. The highest BCUT2D eigenvalue weighted by Gasteiger charge is 2.28. The topological polar surface area (TPSA) is 67.8 Å². The van der Waals surface area contributed by atoms with E-state index in [9.17, 15) is 4.79 Å². The molecule has 0 aromatic heterocycles. The minimum atomic E-state index is -0.188. The Morgan fingerprint density at radius 1 is 1.45 bits per heavy atom. The van der Waals surface area contributed by atoms with Crippen molar-refractivity contribution < 1.29 is 19.4 Å². The Hall–Kier alpha value is -1.24. The molecule has 0 bridgehead atoms. The zero-order valence-electron chi connectivity index (χ0n) is 12.8. The number of carbonyl (C=O) groups is 1. The molecule has 1 amide bonds. The van der Waals surface area contributed by atoms with Crippen LogP contribution in [0.3, 0.4) is 0 Å². The molecule has 1 aliphatic rings. The molecule has 1 aliphatic heterocycles. The van der Waals surface area contributed by atoms with Gasteiger partial charge in [-0.25, -0.2) is 0 Å². The van der Waals surface area contributed by atoms with Crippen molar-refractivity contribution in [3.63, 3.8) is 0 Å². The first-order valence-corrected chi connectivity index (χ1v) is 8.85. The summed E-state index contributed by atoms with van der Waals surface area (Å²) in [6, 6.07) is 7.27. The smallest absolute Gasteiger partial charge is 0.221 e. The van der Waals surface area contributed by atoms with E-state index < -0.39 is 0 Å². The molecule has 2 N–H and O–H groups in total. The summed E-state index contributed by atoms with van der Waals surface area (Å²) in [7, 11) is 0. The Balaban J connectivity index is 1.92. The van der Waals surface area contributed by atoms with Gasteiger partial charge in [0.2, 0.25) is 5.91 Å². The molecule has 2 rings (SSSR count). The lowest BCUT2D eigenvalue weighted by Crippen LogP contribution is -2.51. The van der Waals surface area contributed by atoms with Gasteiger partial charge in [-0.1, -0.05) is 12.1 Å². The van der Waals surface area contributed by atoms with Crippen LogP contribution in [-0.2, 0) is 16.1 Å². The van der Waals surface area contributed by atoms with Crippen LogP contribution in [0.2, 0.25) is 0 Å². The molecule has 1 heterocycles. The van der Waals surface area contributed by atoms with Crippen LogP contribution in [0.1, 0.15) is 18.4 Å². The lowest BCUT2D eigenvalue weighted by molar-refractivity contribution is -0.123. The summed E-state index contributed by atoms with van der Waals surface area (Å²) in [5.41, 5.74) is 0.842. The number of hydrogen-bond donors (Lipinski definition) is 2. The van der Waals surface area contributed by atoms with Crippen molar-refractivity contribution in [2.45, 2.75) is 31.6 Å². The number of ether oxygens (including phenoxy) is 2. The van der Waals surface area contributed by atoms with Crippen molar-refractivity contribution in [1.29, 1.82) is 0 Å². The molecule has 22 heavy (non-hydrogen) atoms. The average Bonchev–Trinajstić information content (AvgIpc) is 2.55. The van der Waals surface area contributed by atoms with Gasteiger partial charge in [0.15, 0.2) is 0 Å². The molecule has 1 fully saturated rings. The van der Waals surface area contributed by atoms with Gasteiger partial charge in [0, 0.05) is 18.8 Å². The summed E-state index contributed by atoms with van der Waals surface area (Å²) in [4.78, 5) is 11.9. The van der Waals surface area contributed by atoms with Gasteiger partial charge in [0.1, 0.15) is 11.9 Å². The summed E-state index contributed by atoms with van der Waals surface area (Å²) in [6.45, 7) is 1.12. The summed E-state index contributed by atoms with van der Waals surface area (Å²) in [5, 5.41) is 12.1. The van der Waals surface area contributed by atoms with Gasteiger partial charge in [-0.15, -0.1) is 0 Å². The van der Waals surface area contributed by atoms with E-state index in [1.165, 1.54) is 0 Å². The van der Waals surface area contributed by atoms with Crippen LogP contribution in [0.25, 0.3) is 0 Å². The Morgan fingerprint density at radius 3 is 2.91 bits per heavy atom. The third kappa shape index (κ3) is 5.19. The van der Waals surface area contributed by atoms with E-state index in [4.69, 9.17) is 14.6 Å². The fourth-order valence-electron chi connectivity index (χ4n) is 2.32. The highest BCUT2D eigenvalue weighted by atomic mass is 32.2. The third-order valence-corrected chi connectivity index (χ3v) is 4.19. The van der Waals surface area contributed by atoms with Gasteiger partial charge in [-0.2, -0.15) is 11.8 Å². The maximum atomic E-state index is 11.9. The van der Waals surface area contributed by atoms with E-state index in [1.807, 2.05) is 30.5 Å². The van der Waals surface area contributed by atoms with Gasteiger partial charge in [0.25, 0.3) is 0 Å². The third-order valence-electron chi connectivity index (χ3n) is 3.58. The van der Waals surface area contributed by atoms with Crippen LogP contribution in [-0.4, -0.2) is 48.4 Å². The number of amides is 1. The maximum Gasteiger partial charge on any atom is 0.221 e. The first kappa shape index (κ1) is 17.1. The highest BCUT2D eigenvalue weighted by Crippen LogP contribution is 2.19. The number of nitrogens with one attached hydrogen (secondary N) is 1. The minimum Gasteiger partial charge on any atom is -0.486 e. The monoisotopic (exact) mass is 325 g/mol. The lowest BCUT2D eigenvalue weighted by atomic mass is 10.1. The zero-order chi connectivity index (χ0) is 15.8. The fraction of sp³-hybridized carbons (Fsp3) is 0.562. The molecule has 1 saturated heterocycles. The predicted molar refractivity (Wildman–Crippen MR) is 87.1 cm³/mol. The number of benzene rings is 1. The maximum absolute atomic E-state index is 11.9. The first-order valence-electron chi connectivity index (χ1n) is 7.45. The average molecular weight is 325 g/mol. The normalized spacial score (nSPS) is 21.4. The van der Waals surface area contributed by atoms with Crippen molar-refractivity contribution in [1.82, 2.24) is 5.32 Å². The second kappa shape index (κ2) is 9.02. The Labute approximate surface area is 135 Å². The van der Waals surface area contributed by atoms with Crippen LogP contribution in [0.4, 0.5) is 0 Å². The van der Waals surface area contributed by atoms with E-state index in [0.29, 0.717) is 19.6 Å². The highest BCUT2D eigenvalue weighted by molar-refractivity contribution is 7.98. The van der Waals surface area contributed by atoms with E-state index in [1.54, 1.807) is 11.8 Å². The molecule has 0 radical (unpaired) electrons. The van der Waals surface area contributed by atoms with Gasteiger partial charge in [-0.3, -0.25) is 4.79 Å². The van der Waals surface area contributed by atoms with Crippen molar-refractivity contribution in [2.24, 2.45) is 0 Å². The number of aliphatic hydroxyl groups excluding tert-OH is 1. The molecule has 0 aliphatic carbocycles. The SMILES string of the molecule is CSCCC(=O)N[C@@H]1CCOC[C@H]1Oc1ccc(CO)cc1. The number of rotatable bonds is 7. The molecule has 0 unspecified atom stereocenters. The summed E-state index contributed by atoms with van der Waals surface area (Å²) >= 11 is 1.66. The van der Waals surface area contributed by atoms with E-state index >= 15 is 0 Å². The van der Waals surface area contributed by atoms with Crippen LogP contribution in [0.5, 0.6) is 5.75 Å². The van der Waals surface area contributed by atoms with E-state index in [0.717, 1.165) is 23.5 Å². The Bertz CT molecular complexity index is 466. The second-order valence-electron chi connectivity index (χ2n) is 5.24. The van der Waals surface area contributed by atoms with Gasteiger partial charge >= 0.3 is 0 Å². The summed E-state index contributed by atoms with van der Waals surface area (Å²) in [5.74, 6) is 1.60. The second-order valence-corrected chi connectivity index (χ2v) is 6.22. The number of aliphatic hydroxyl groups is 1. The quantitative estimate of drug-likeness (QED) is 0.797. The molecular formula is C16H23NO4S. The zero-order valence-corrected chi connectivity index (χ0v) is 13.6. The van der Waals surface area contributed by atoms with E-state index in [2.05, 4.69) is 5.32 Å². The van der Waals surface area contributed by atoms with Crippen molar-refractivity contribution >= 4 is 17.7 Å². The molecule has 0 saturated carbocycles. The van der Waals surface area contributed by atoms with Crippen LogP contribution >= 0.6 is 11.8 Å². The molecule has 1 aromatic carbocycles. The van der Waals surface area contributed by atoms with Gasteiger partial charge < -0.3 is 19.9 Å². The summed E-state index contributed by atoms with van der Waals surface area (Å²) in [6.07, 6.45) is 3.08. The molecule has 1 aromatic rings. The first-order chi connectivity index (χ1) is 10.7. The summed E-state index contributed by atoms with van der Waals surface area (Å²) < 4.78 is 11.4. The van der Waals surface area contributed by atoms with Crippen molar-refractivity contribution in [3.05, 3.63) is 29.8 Å². The molecule has 2 atom stereocenters. The van der Waals surface area contributed by atoms with Gasteiger partial charge in [0.05, 0.1) is 19.3 Å². The van der Waals surface area contributed by atoms with Crippen molar-refractivity contribution in [2.75, 3.05) is 25.2 Å². The molecule has 5 nitrogen and oxygen atoms in total. The Morgan fingerprint density at radius 2 is 2.23 bits per heavy atom. The van der Waals surface area contributed by atoms with Crippen LogP contribution < -0.4 is 10.1 Å². The molecule has 0 spiro atoms. The fourth-order valence-corrected chi connectivity index (χ4v) is 2.70. The predicted octanol–water partition coefficient (Wildman–Crippen LogP) is 1.58. The minimum absolute atomic E-state index is 0.0148. The van der Waals surface area contributed by atoms with Crippen LogP contribution in [0, 0.1) is 0 Å². The van der Waals surface area contributed by atoms with Crippen LogP contribution in [0.15, 0.2) is 24.3 Å². The molecule has 122 valence electrons. The van der Waals surface area contributed by atoms with Crippen molar-refractivity contribution in [3.8, 4) is 5.75 Å². The van der Waals surface area contributed by atoms with Gasteiger partial charge in [-0.05, 0) is 30.4 Å². The number of carbonyl (C=O) groups excluding carboxylic acids is 1. The number of thioether (sulfide) groups is 1. The lowest BCUT2D eigenvalue weighted by Gasteiger charge is -2.32. The number of hydrogen-bond acceptors (Lipinski definition) is 5. The Kier molecular flexibility index (Phi) is 7.02.